The van der Waals surface area contributed by atoms with Crippen LogP contribution in [0.3, 0.4) is 0 Å². The zero-order chi connectivity index (χ0) is 7.57. The van der Waals surface area contributed by atoms with Gasteiger partial charge in [-0.3, -0.25) is 0 Å². The van der Waals surface area contributed by atoms with Gasteiger partial charge in [-0.2, -0.15) is 0 Å². The van der Waals surface area contributed by atoms with E-state index in [1.165, 1.54) is 0 Å². The van der Waals surface area contributed by atoms with Gasteiger partial charge in [0.2, 0.25) is 0 Å². The Morgan fingerprint density at radius 3 is 1.11 bits per heavy atom. The second-order valence-electron chi connectivity index (χ2n) is 1.64. The molecule has 0 aliphatic rings. The molecular formula is C6H9Br2Sb. The van der Waals surface area contributed by atoms with Gasteiger partial charge in [0.15, 0.2) is 0 Å². The fourth-order valence-electron chi connectivity index (χ4n) is 0.224. The van der Waals surface area contributed by atoms with Crippen molar-refractivity contribution in [3.05, 3.63) is 31.8 Å². The zero-order valence-corrected chi connectivity index (χ0v) is 10.8. The third-order valence-corrected chi connectivity index (χ3v) is 18.7. The quantitative estimate of drug-likeness (QED) is 0.676. The van der Waals surface area contributed by atoms with Crippen molar-refractivity contribution < 1.29 is 0 Å². The first kappa shape index (κ1) is 10.00. The van der Waals surface area contributed by atoms with Crippen LogP contribution in [0.5, 0.6) is 0 Å². The van der Waals surface area contributed by atoms with Crippen LogP contribution in [0.2, 0.25) is 0 Å². The molecule has 0 spiro atoms. The summed E-state index contributed by atoms with van der Waals surface area (Å²) < 4.78 is 5.60. The van der Waals surface area contributed by atoms with Crippen molar-refractivity contribution in [2.45, 2.75) is 0 Å². The number of hydrogen-bond donors (Lipinski definition) is 0. The molecule has 3 heteroatoms. The Kier molecular flexibility index (Phi) is 3.26. The number of hydrogen-bond acceptors (Lipinski definition) is 0. The molecule has 0 saturated carbocycles. The molecule has 0 unspecified atom stereocenters. The average molecular weight is 363 g/mol. The van der Waals surface area contributed by atoms with E-state index in [4.69, 9.17) is 0 Å². The van der Waals surface area contributed by atoms with Crippen molar-refractivity contribution in [3.8, 4) is 0 Å². The van der Waals surface area contributed by atoms with Gasteiger partial charge in [-0.1, -0.05) is 0 Å². The number of rotatable bonds is 3. The molecule has 0 saturated heterocycles. The molecule has 0 amide bonds. The summed E-state index contributed by atoms with van der Waals surface area (Å²) in [7, 11) is 0. The Bertz CT molecular complexity index is 132. The summed E-state index contributed by atoms with van der Waals surface area (Å²) in [4.78, 5) is 0. The summed E-state index contributed by atoms with van der Waals surface area (Å²) in [6.07, 6.45) is 0. The molecule has 0 rings (SSSR count). The normalized spacial score (nSPS) is 15.1. The van der Waals surface area contributed by atoms with E-state index < -0.39 is 12.9 Å². The molecule has 0 aliphatic heterocycles. The van der Waals surface area contributed by atoms with Gasteiger partial charge in [0.05, 0.1) is 0 Å². The fourth-order valence-corrected chi connectivity index (χ4v) is 1.50. The number of halogens is 2. The Morgan fingerprint density at radius 2 is 1.11 bits per heavy atom. The molecule has 0 fully saturated rings. The standard InChI is InChI=1S/3C2H3.2BrH.Sb/c3*1-2;;;/h3*1H,2H2;2*1H;/q;;;;;+2/p-2. The van der Waals surface area contributed by atoms with E-state index in [9.17, 15) is 0 Å². The molecule has 9 heavy (non-hydrogen) atoms. The first-order valence-corrected chi connectivity index (χ1v) is 18.2. The molecule has 52 valence electrons. The first-order valence-electron chi connectivity index (χ1n) is 2.34. The van der Waals surface area contributed by atoms with E-state index in [0.29, 0.717) is 0 Å². The van der Waals surface area contributed by atoms with Gasteiger partial charge in [0.25, 0.3) is 0 Å². The van der Waals surface area contributed by atoms with Crippen LogP contribution in [0.1, 0.15) is 0 Å². The van der Waals surface area contributed by atoms with E-state index in [-0.39, 0.29) is 0 Å². The van der Waals surface area contributed by atoms with E-state index in [2.05, 4.69) is 44.9 Å². The van der Waals surface area contributed by atoms with Crippen molar-refractivity contribution in [1.82, 2.24) is 0 Å². The summed E-state index contributed by atoms with van der Waals surface area (Å²) in [5, 5.41) is 0. The molecule has 0 aromatic heterocycles. The van der Waals surface area contributed by atoms with Crippen molar-refractivity contribution in [1.29, 1.82) is 0 Å². The summed E-state index contributed by atoms with van der Waals surface area (Å²) in [6.45, 7) is 11.1. The van der Waals surface area contributed by atoms with Crippen LogP contribution in [-0.4, -0.2) is 12.9 Å². The molecule has 0 bridgehead atoms. The SMILES string of the molecule is C=[CH][Sb]([Br])([Br])([CH]=C)[CH]=C. The molecule has 0 radical (unpaired) electrons. The topological polar surface area (TPSA) is 0 Å². The van der Waals surface area contributed by atoms with Gasteiger partial charge in [0, 0.05) is 0 Å². The van der Waals surface area contributed by atoms with E-state index >= 15 is 0 Å². The van der Waals surface area contributed by atoms with Crippen LogP contribution in [0.4, 0.5) is 0 Å². The summed E-state index contributed by atoms with van der Waals surface area (Å²) in [5.41, 5.74) is 0. The first-order chi connectivity index (χ1) is 3.96. The monoisotopic (exact) mass is 360 g/mol. The zero-order valence-electron chi connectivity index (χ0n) is 5.06. The van der Waals surface area contributed by atoms with Gasteiger partial charge in [-0.25, -0.2) is 0 Å². The van der Waals surface area contributed by atoms with Crippen LogP contribution >= 0.6 is 25.2 Å². The van der Waals surface area contributed by atoms with Crippen LogP contribution in [0.25, 0.3) is 0 Å². The van der Waals surface area contributed by atoms with Crippen molar-refractivity contribution in [3.63, 3.8) is 0 Å². The molecule has 0 aromatic carbocycles. The molecule has 0 N–H and O–H groups in total. The predicted molar refractivity (Wildman–Crippen MR) is 54.2 cm³/mol. The van der Waals surface area contributed by atoms with Crippen LogP contribution in [-0.2, 0) is 0 Å². The predicted octanol–water partition coefficient (Wildman–Crippen LogP) is 3.35. The van der Waals surface area contributed by atoms with Crippen LogP contribution in [0, 0.1) is 0 Å². The second kappa shape index (κ2) is 2.94. The Labute approximate surface area is 69.1 Å². The van der Waals surface area contributed by atoms with Gasteiger partial charge in [-0.05, 0) is 0 Å². The minimum atomic E-state index is -2.95. The van der Waals surface area contributed by atoms with E-state index in [1.54, 1.807) is 0 Å². The Morgan fingerprint density at radius 1 is 0.889 bits per heavy atom. The van der Waals surface area contributed by atoms with Crippen LogP contribution in [0.15, 0.2) is 31.8 Å². The Balaban J connectivity index is 4.81. The van der Waals surface area contributed by atoms with Gasteiger partial charge in [0.1, 0.15) is 0 Å². The van der Waals surface area contributed by atoms with E-state index in [0.717, 1.165) is 0 Å². The van der Waals surface area contributed by atoms with Gasteiger partial charge >= 0.3 is 69.9 Å². The average Bonchev–Trinajstić information content (AvgIpc) is 1.90. The maximum atomic E-state index is 3.70. The molecule has 0 atom stereocenters. The van der Waals surface area contributed by atoms with E-state index in [1.807, 2.05) is 12.1 Å². The second-order valence-corrected chi connectivity index (χ2v) is 38.7. The van der Waals surface area contributed by atoms with Crippen molar-refractivity contribution in [2.24, 2.45) is 0 Å². The molecule has 0 heterocycles. The molecule has 0 aromatic rings. The minimum absolute atomic E-state index is 1.87. The summed E-state index contributed by atoms with van der Waals surface area (Å²) >= 11 is 4.16. The molecule has 0 nitrogen and oxygen atoms in total. The van der Waals surface area contributed by atoms with Crippen molar-refractivity contribution >= 4 is 38.1 Å². The van der Waals surface area contributed by atoms with Crippen LogP contribution < -0.4 is 0 Å². The summed E-state index contributed by atoms with van der Waals surface area (Å²) in [5.74, 6) is 0. The molecule has 0 aliphatic carbocycles. The third-order valence-electron chi connectivity index (χ3n) is 1.05. The Hall–Kier alpha value is 0.998. The van der Waals surface area contributed by atoms with Crippen molar-refractivity contribution in [2.75, 3.05) is 0 Å². The third kappa shape index (κ3) is 2.61. The summed E-state index contributed by atoms with van der Waals surface area (Å²) in [6, 6.07) is 0. The fraction of sp³-hybridized carbons (Fsp3) is 0. The van der Waals surface area contributed by atoms with Gasteiger partial charge in [-0.15, -0.1) is 0 Å². The molecular weight excluding hydrogens is 354 g/mol. The van der Waals surface area contributed by atoms with Gasteiger partial charge < -0.3 is 0 Å². The maximum absolute atomic E-state index is 3.70.